The average molecular weight is 934 g/mol. The highest BCUT2D eigenvalue weighted by Gasteiger charge is 2.64. The van der Waals surface area contributed by atoms with E-state index in [0.29, 0.717) is 65.6 Å². The van der Waals surface area contributed by atoms with E-state index in [1.54, 1.807) is 30.3 Å². The van der Waals surface area contributed by atoms with E-state index in [4.69, 9.17) is 21.1 Å². The van der Waals surface area contributed by atoms with Crippen LogP contribution in [-0.4, -0.2) is 132 Å². The molecular formula is C49H57ClN10O7. The lowest BCUT2D eigenvalue weighted by Crippen LogP contribution is -2.74. The van der Waals surface area contributed by atoms with E-state index in [-0.39, 0.29) is 65.6 Å². The summed E-state index contributed by atoms with van der Waals surface area (Å²) in [5, 5.41) is 23.6. The molecule has 18 heteroatoms. The fourth-order valence-corrected chi connectivity index (χ4v) is 11.1. The van der Waals surface area contributed by atoms with E-state index in [1.807, 2.05) is 35.2 Å². The fourth-order valence-electron chi connectivity index (χ4n) is 10.9. The van der Waals surface area contributed by atoms with Crippen molar-refractivity contribution in [2.75, 3.05) is 75.3 Å². The molecule has 2 N–H and O–H groups in total. The second-order valence-corrected chi connectivity index (χ2v) is 20.1. The number of hydrogen-bond donors (Lipinski definition) is 2. The number of hydrogen-bond acceptors (Lipinski definition) is 13. The summed E-state index contributed by atoms with van der Waals surface area (Å²) in [6.45, 7) is 15.9. The van der Waals surface area contributed by atoms with Gasteiger partial charge in [0.05, 0.1) is 34.6 Å². The van der Waals surface area contributed by atoms with Gasteiger partial charge in [-0.25, -0.2) is 0 Å². The van der Waals surface area contributed by atoms with Crippen molar-refractivity contribution in [2.24, 2.45) is 16.7 Å². The van der Waals surface area contributed by atoms with E-state index in [9.17, 15) is 29.2 Å². The van der Waals surface area contributed by atoms with E-state index >= 15 is 0 Å². The zero-order chi connectivity index (χ0) is 47.2. The van der Waals surface area contributed by atoms with Crippen LogP contribution in [0, 0.1) is 28.1 Å². The van der Waals surface area contributed by atoms with Crippen molar-refractivity contribution in [3.8, 4) is 11.8 Å². The predicted molar refractivity (Wildman–Crippen MR) is 251 cm³/mol. The number of benzene rings is 3. The Bertz CT molecular complexity index is 2650. The number of piperazine rings is 1. The molecular weight excluding hydrogens is 876 g/mol. The third kappa shape index (κ3) is 9.18. The van der Waals surface area contributed by atoms with Crippen LogP contribution in [0.25, 0.3) is 10.9 Å². The standard InChI is InChI=1S/C49H57ClN10O7/c1-48(2)46(49(3,4)47(48)67-36-11-7-31(27-51)38(50)26-36)53-42(62)30-5-8-33(9-6-30)57-21-19-56(20-22-57)23-24-66-35-15-17-58(18-16-35)44(64)32-28-59(29-32)34-10-12-39-37(25-34)45(65)60(55-54-39)40-13-14-41(61)52-43(40)63/h5-12,25-26,32,35,40,46-47H,13-24,28-29H2,1-4H3,(H,53,62)(H,52,61,63)/t40?,46-,47-. The largest absolute Gasteiger partial charge is 0.489 e. The number of amides is 4. The van der Waals surface area contributed by atoms with Crippen LogP contribution < -0.4 is 30.7 Å². The minimum absolute atomic E-state index is 0.119. The van der Waals surface area contributed by atoms with Crippen molar-refractivity contribution in [3.05, 3.63) is 87.2 Å². The number of anilines is 2. The molecule has 4 saturated heterocycles. The number of piperidine rings is 2. The van der Waals surface area contributed by atoms with Gasteiger partial charge >= 0.3 is 0 Å². The summed E-state index contributed by atoms with van der Waals surface area (Å²) < 4.78 is 13.8. The number of rotatable bonds is 12. The van der Waals surface area contributed by atoms with Crippen molar-refractivity contribution in [2.45, 2.75) is 77.7 Å². The topological polar surface area (TPSA) is 195 Å². The number of nitrogens with one attached hydrogen (secondary N) is 2. The van der Waals surface area contributed by atoms with E-state index in [1.165, 1.54) is 0 Å². The number of likely N-dealkylation sites (tertiary alicyclic amines) is 1. The summed E-state index contributed by atoms with van der Waals surface area (Å²) in [6, 6.07) is 19.3. The predicted octanol–water partition coefficient (Wildman–Crippen LogP) is 4.17. The normalized spacial score (nSPS) is 23.2. The summed E-state index contributed by atoms with van der Waals surface area (Å²) in [5.41, 5.74) is 2.15. The maximum absolute atomic E-state index is 13.5. The molecule has 0 spiro atoms. The molecule has 5 fully saturated rings. The first-order valence-electron chi connectivity index (χ1n) is 23.2. The Morgan fingerprint density at radius 1 is 0.881 bits per heavy atom. The molecule has 352 valence electrons. The zero-order valence-electron chi connectivity index (χ0n) is 38.4. The molecule has 4 aliphatic heterocycles. The van der Waals surface area contributed by atoms with Crippen molar-refractivity contribution >= 4 is 57.5 Å². The number of halogens is 1. The highest BCUT2D eigenvalue weighted by atomic mass is 35.5. The van der Waals surface area contributed by atoms with Gasteiger partial charge in [0.1, 0.15) is 29.5 Å². The Hall–Kier alpha value is -6.09. The van der Waals surface area contributed by atoms with Crippen molar-refractivity contribution < 1.29 is 28.7 Å². The van der Waals surface area contributed by atoms with Crippen LogP contribution in [0.2, 0.25) is 5.02 Å². The highest BCUT2D eigenvalue weighted by molar-refractivity contribution is 6.31. The van der Waals surface area contributed by atoms with Gasteiger partial charge in [-0.1, -0.05) is 44.5 Å². The highest BCUT2D eigenvalue weighted by Crippen LogP contribution is 2.55. The zero-order valence-corrected chi connectivity index (χ0v) is 39.1. The molecule has 1 atom stereocenters. The maximum atomic E-state index is 13.5. The molecule has 1 aliphatic carbocycles. The lowest BCUT2D eigenvalue weighted by atomic mass is 9.49. The third-order valence-corrected chi connectivity index (χ3v) is 14.9. The Kier molecular flexibility index (Phi) is 12.7. The quantitative estimate of drug-likeness (QED) is 0.193. The molecule has 3 aromatic carbocycles. The Morgan fingerprint density at radius 2 is 1.58 bits per heavy atom. The summed E-state index contributed by atoms with van der Waals surface area (Å²) in [7, 11) is 0. The molecule has 5 aliphatic rings. The smallest absolute Gasteiger partial charge is 0.278 e. The average Bonchev–Trinajstić information content (AvgIpc) is 3.30. The molecule has 0 radical (unpaired) electrons. The monoisotopic (exact) mass is 932 g/mol. The van der Waals surface area contributed by atoms with Gasteiger partial charge in [0, 0.05) is 105 Å². The van der Waals surface area contributed by atoms with Gasteiger partial charge in [-0.3, -0.25) is 34.2 Å². The van der Waals surface area contributed by atoms with Gasteiger partial charge in [0.25, 0.3) is 17.4 Å². The van der Waals surface area contributed by atoms with E-state index in [0.717, 1.165) is 61.6 Å². The van der Waals surface area contributed by atoms with Gasteiger partial charge in [0.15, 0.2) is 0 Å². The molecule has 4 aromatic rings. The van der Waals surface area contributed by atoms with Gasteiger partial charge in [-0.05, 0) is 73.9 Å². The molecule has 17 nitrogen and oxygen atoms in total. The summed E-state index contributed by atoms with van der Waals surface area (Å²) in [4.78, 5) is 73.1. The van der Waals surface area contributed by atoms with Crippen LogP contribution >= 0.6 is 11.6 Å². The summed E-state index contributed by atoms with van der Waals surface area (Å²) in [5.74, 6) is -0.436. The lowest BCUT2D eigenvalue weighted by molar-refractivity contribution is -0.164. The molecule has 5 heterocycles. The van der Waals surface area contributed by atoms with Crippen LogP contribution in [0.1, 0.15) is 75.3 Å². The Labute approximate surface area is 394 Å². The summed E-state index contributed by atoms with van der Waals surface area (Å²) in [6.07, 6.45) is 1.85. The summed E-state index contributed by atoms with van der Waals surface area (Å²) >= 11 is 6.26. The van der Waals surface area contributed by atoms with Crippen LogP contribution in [-0.2, 0) is 19.1 Å². The van der Waals surface area contributed by atoms with Crippen molar-refractivity contribution in [1.82, 2.24) is 35.4 Å². The number of carbonyl (C=O) groups excluding carboxylic acids is 4. The lowest BCUT2D eigenvalue weighted by Gasteiger charge is -2.63. The minimum atomic E-state index is -0.892. The molecule has 4 amide bonds. The molecule has 1 saturated carbocycles. The first-order valence-corrected chi connectivity index (χ1v) is 23.6. The fraction of sp³-hybridized carbons (Fsp3) is 0.510. The third-order valence-electron chi connectivity index (χ3n) is 14.6. The first kappa shape index (κ1) is 46.0. The number of nitriles is 1. The van der Waals surface area contributed by atoms with Gasteiger partial charge < -0.3 is 29.5 Å². The Balaban J connectivity index is 0.671. The molecule has 1 aromatic heterocycles. The number of aromatic nitrogens is 3. The maximum Gasteiger partial charge on any atom is 0.278 e. The number of carbonyl (C=O) groups is 4. The molecule has 67 heavy (non-hydrogen) atoms. The first-order chi connectivity index (χ1) is 32.1. The number of fused-ring (bicyclic) bond motifs is 1. The van der Waals surface area contributed by atoms with Crippen LogP contribution in [0.3, 0.4) is 0 Å². The number of ether oxygens (including phenoxy) is 2. The number of imide groups is 1. The molecule has 9 rings (SSSR count). The van der Waals surface area contributed by atoms with Crippen molar-refractivity contribution in [3.63, 3.8) is 0 Å². The number of nitrogens with zero attached hydrogens (tertiary/aromatic N) is 8. The van der Waals surface area contributed by atoms with E-state index in [2.05, 4.69) is 69.4 Å². The van der Waals surface area contributed by atoms with Crippen LogP contribution in [0.4, 0.5) is 11.4 Å². The van der Waals surface area contributed by atoms with Crippen LogP contribution in [0.15, 0.2) is 65.5 Å². The second kappa shape index (κ2) is 18.5. The SMILES string of the molecule is CC1(C)[C@H](NC(=O)c2ccc(N3CCN(CCOC4CCN(C(=O)C5CN(c6ccc7nnn(C8CCC(=O)NC8=O)c(=O)c7c6)C5)CC4)CC3)cc2)C(C)(C)[C@H]1Oc1ccc(C#N)c(Cl)c1. The van der Waals surface area contributed by atoms with Crippen molar-refractivity contribution in [1.29, 1.82) is 5.26 Å². The second-order valence-electron chi connectivity index (χ2n) is 19.7. The molecule has 0 bridgehead atoms. The van der Waals surface area contributed by atoms with Crippen LogP contribution in [0.5, 0.6) is 5.75 Å². The van der Waals surface area contributed by atoms with E-state index < -0.39 is 17.5 Å². The minimum Gasteiger partial charge on any atom is -0.489 e. The van der Waals surface area contributed by atoms with Gasteiger partial charge in [-0.15, -0.1) is 5.10 Å². The molecule has 1 unspecified atom stereocenters. The van der Waals surface area contributed by atoms with Gasteiger partial charge in [0.2, 0.25) is 11.8 Å². The van der Waals surface area contributed by atoms with Gasteiger partial charge in [-0.2, -0.15) is 9.94 Å². The Morgan fingerprint density at radius 3 is 2.25 bits per heavy atom.